The average Bonchev–Trinajstić information content (AvgIpc) is 2.30. The Kier molecular flexibility index (Phi) is 5.92. The highest BCUT2D eigenvalue weighted by Gasteiger charge is 2.56. The van der Waals surface area contributed by atoms with Gasteiger partial charge >= 0.3 is 0 Å². The van der Waals surface area contributed by atoms with E-state index in [1.54, 1.807) is 7.11 Å². The topological polar surface area (TPSA) is 12.5 Å². The van der Waals surface area contributed by atoms with E-state index in [9.17, 15) is 13.2 Å². The van der Waals surface area contributed by atoms with Gasteiger partial charge in [-0.3, -0.25) is 4.39 Å². The molecule has 0 spiro atoms. The van der Waals surface area contributed by atoms with Crippen molar-refractivity contribution in [2.24, 2.45) is 5.41 Å². The number of halogens is 3. The molecule has 5 heteroatoms. The average molecular weight is 267 g/mol. The number of hydrogen-bond donors (Lipinski definition) is 0. The number of alkyl halides is 3. The highest BCUT2D eigenvalue weighted by molar-refractivity contribution is 5.00. The maximum atomic E-state index is 13.0. The van der Waals surface area contributed by atoms with Crippen molar-refractivity contribution in [1.82, 2.24) is 4.90 Å². The molecule has 108 valence electrons. The van der Waals surface area contributed by atoms with E-state index in [-0.39, 0.29) is 18.3 Å². The molecule has 1 aliphatic heterocycles. The van der Waals surface area contributed by atoms with Gasteiger partial charge in [-0.25, -0.2) is 8.78 Å². The standard InChI is InChI=1S/C12H21F2NO.CH3F/c1-16-10-11(7-12(13,14)8-11)9-15-5-3-2-4-6-15;1-2/h2-10H2,1H3;1H3. The Bertz CT molecular complexity index is 234. The van der Waals surface area contributed by atoms with Crippen molar-refractivity contribution < 1.29 is 17.9 Å². The Morgan fingerprint density at radius 1 is 1.06 bits per heavy atom. The Morgan fingerprint density at radius 3 is 2.06 bits per heavy atom. The fourth-order valence-electron chi connectivity index (χ4n) is 3.20. The molecule has 0 aromatic heterocycles. The highest BCUT2D eigenvalue weighted by Crippen LogP contribution is 2.52. The van der Waals surface area contributed by atoms with Crippen LogP contribution in [0.1, 0.15) is 32.1 Å². The summed E-state index contributed by atoms with van der Waals surface area (Å²) in [6.07, 6.45) is 3.71. The van der Waals surface area contributed by atoms with E-state index in [0.29, 0.717) is 13.8 Å². The van der Waals surface area contributed by atoms with E-state index in [1.165, 1.54) is 19.3 Å². The first-order valence-electron chi connectivity index (χ1n) is 6.52. The van der Waals surface area contributed by atoms with Gasteiger partial charge in [-0.15, -0.1) is 0 Å². The molecule has 1 aliphatic carbocycles. The molecule has 0 amide bonds. The lowest BCUT2D eigenvalue weighted by molar-refractivity contribution is -0.187. The van der Waals surface area contributed by atoms with Gasteiger partial charge in [0, 0.05) is 31.9 Å². The molecule has 1 heterocycles. The van der Waals surface area contributed by atoms with Crippen LogP contribution in [0.25, 0.3) is 0 Å². The van der Waals surface area contributed by atoms with E-state index in [1.807, 2.05) is 0 Å². The molecule has 2 aliphatic rings. The third-order valence-corrected chi connectivity index (χ3v) is 3.73. The third kappa shape index (κ3) is 4.12. The normalized spacial score (nSPS) is 25.8. The number of ether oxygens (including phenoxy) is 1. The first-order chi connectivity index (χ1) is 8.55. The molecule has 2 rings (SSSR count). The van der Waals surface area contributed by atoms with Gasteiger partial charge in [0.1, 0.15) is 0 Å². The largest absolute Gasteiger partial charge is 0.384 e. The minimum atomic E-state index is -2.45. The number of nitrogens with zero attached hydrogens (tertiary/aromatic N) is 1. The number of methoxy groups -OCH3 is 1. The van der Waals surface area contributed by atoms with E-state index in [0.717, 1.165) is 19.6 Å². The molecule has 0 radical (unpaired) electrons. The monoisotopic (exact) mass is 267 g/mol. The molecular formula is C13H24F3NO. The second-order valence-corrected chi connectivity index (χ2v) is 5.48. The summed E-state index contributed by atoms with van der Waals surface area (Å²) in [5.74, 6) is -2.45. The van der Waals surface area contributed by atoms with Gasteiger partial charge in [-0.05, 0) is 25.9 Å². The molecule has 1 saturated heterocycles. The quantitative estimate of drug-likeness (QED) is 0.776. The van der Waals surface area contributed by atoms with Gasteiger partial charge in [0.05, 0.1) is 13.8 Å². The lowest BCUT2D eigenvalue weighted by Crippen LogP contribution is -2.55. The van der Waals surface area contributed by atoms with Gasteiger partial charge in [-0.2, -0.15) is 0 Å². The van der Waals surface area contributed by atoms with Crippen LogP contribution >= 0.6 is 0 Å². The van der Waals surface area contributed by atoms with Crippen LogP contribution in [-0.4, -0.2) is 51.4 Å². The molecule has 2 nitrogen and oxygen atoms in total. The highest BCUT2D eigenvalue weighted by atomic mass is 19.3. The van der Waals surface area contributed by atoms with Crippen molar-refractivity contribution in [3.8, 4) is 0 Å². The maximum Gasteiger partial charge on any atom is 0.249 e. The van der Waals surface area contributed by atoms with E-state index in [2.05, 4.69) is 4.90 Å². The van der Waals surface area contributed by atoms with Crippen molar-refractivity contribution >= 4 is 0 Å². The second kappa shape index (κ2) is 6.75. The van der Waals surface area contributed by atoms with E-state index < -0.39 is 5.92 Å². The molecule has 18 heavy (non-hydrogen) atoms. The van der Waals surface area contributed by atoms with Gasteiger partial charge in [0.2, 0.25) is 5.92 Å². The van der Waals surface area contributed by atoms with Crippen molar-refractivity contribution in [2.45, 2.75) is 38.0 Å². The summed E-state index contributed by atoms with van der Waals surface area (Å²) in [6.45, 7) is 3.39. The number of piperidine rings is 1. The first kappa shape index (κ1) is 15.8. The Balaban J connectivity index is 0.000000771. The van der Waals surface area contributed by atoms with Crippen molar-refractivity contribution in [3.05, 3.63) is 0 Å². The molecule has 0 unspecified atom stereocenters. The number of hydrogen-bond acceptors (Lipinski definition) is 2. The Hall–Kier alpha value is -0.290. The van der Waals surface area contributed by atoms with Crippen LogP contribution in [0, 0.1) is 5.41 Å². The summed E-state index contributed by atoms with van der Waals surface area (Å²) in [6, 6.07) is 0. The van der Waals surface area contributed by atoms with Gasteiger partial charge in [-0.1, -0.05) is 6.42 Å². The molecule has 0 N–H and O–H groups in total. The zero-order valence-electron chi connectivity index (χ0n) is 11.4. The predicted molar refractivity (Wildman–Crippen MR) is 65.8 cm³/mol. The zero-order chi connectivity index (χ0) is 13.6. The second-order valence-electron chi connectivity index (χ2n) is 5.48. The molecule has 0 atom stereocenters. The SMILES string of the molecule is CF.COCC1(CN2CCCCC2)CC(F)(F)C1. The fourth-order valence-corrected chi connectivity index (χ4v) is 3.20. The summed E-state index contributed by atoms with van der Waals surface area (Å²) >= 11 is 0. The van der Waals surface area contributed by atoms with E-state index in [4.69, 9.17) is 4.74 Å². The Labute approximate surface area is 107 Å². The summed E-state index contributed by atoms with van der Waals surface area (Å²) < 4.78 is 40.7. The molecule has 2 fully saturated rings. The lowest BCUT2D eigenvalue weighted by Gasteiger charge is -2.49. The van der Waals surface area contributed by atoms with Crippen LogP contribution in [0.5, 0.6) is 0 Å². The van der Waals surface area contributed by atoms with Crippen LogP contribution in [0.4, 0.5) is 13.2 Å². The third-order valence-electron chi connectivity index (χ3n) is 3.73. The summed E-state index contributed by atoms with van der Waals surface area (Å²) in [5.41, 5.74) is -0.282. The minimum Gasteiger partial charge on any atom is -0.384 e. The van der Waals surface area contributed by atoms with Crippen LogP contribution < -0.4 is 0 Å². The van der Waals surface area contributed by atoms with Gasteiger partial charge in [0.15, 0.2) is 0 Å². The van der Waals surface area contributed by atoms with E-state index >= 15 is 0 Å². The fraction of sp³-hybridized carbons (Fsp3) is 1.00. The number of likely N-dealkylation sites (tertiary alicyclic amines) is 1. The lowest BCUT2D eigenvalue weighted by atomic mass is 9.66. The molecular weight excluding hydrogens is 243 g/mol. The molecule has 0 bridgehead atoms. The van der Waals surface area contributed by atoms with Gasteiger partial charge in [0.25, 0.3) is 0 Å². The smallest absolute Gasteiger partial charge is 0.249 e. The number of rotatable bonds is 4. The zero-order valence-corrected chi connectivity index (χ0v) is 11.4. The first-order valence-corrected chi connectivity index (χ1v) is 6.52. The van der Waals surface area contributed by atoms with Crippen LogP contribution in [0.2, 0.25) is 0 Å². The van der Waals surface area contributed by atoms with Crippen molar-refractivity contribution in [2.75, 3.05) is 40.5 Å². The summed E-state index contributed by atoms with van der Waals surface area (Å²) in [7, 11) is 2.11. The predicted octanol–water partition coefficient (Wildman–Crippen LogP) is 3.12. The molecule has 0 aromatic carbocycles. The Morgan fingerprint density at radius 2 is 1.61 bits per heavy atom. The molecule has 0 aromatic rings. The van der Waals surface area contributed by atoms with Crippen LogP contribution in [-0.2, 0) is 4.74 Å². The summed E-state index contributed by atoms with van der Waals surface area (Å²) in [5, 5.41) is 0. The van der Waals surface area contributed by atoms with Gasteiger partial charge < -0.3 is 9.64 Å². The summed E-state index contributed by atoms with van der Waals surface area (Å²) in [4.78, 5) is 2.33. The maximum absolute atomic E-state index is 13.0. The van der Waals surface area contributed by atoms with Crippen molar-refractivity contribution in [1.29, 1.82) is 0 Å². The van der Waals surface area contributed by atoms with Crippen molar-refractivity contribution in [3.63, 3.8) is 0 Å². The van der Waals surface area contributed by atoms with Crippen LogP contribution in [0.15, 0.2) is 0 Å². The molecule has 1 saturated carbocycles. The van der Waals surface area contributed by atoms with Crippen LogP contribution in [0.3, 0.4) is 0 Å². The minimum absolute atomic E-state index is 0.00431.